The van der Waals surface area contributed by atoms with E-state index in [1.165, 1.54) is 17.0 Å². The summed E-state index contributed by atoms with van der Waals surface area (Å²) < 4.78 is 34.8. The summed E-state index contributed by atoms with van der Waals surface area (Å²) in [4.78, 5) is 30.3. The van der Waals surface area contributed by atoms with Crippen molar-refractivity contribution < 1.29 is 22.7 Å². The van der Waals surface area contributed by atoms with E-state index >= 15 is 0 Å². The zero-order chi connectivity index (χ0) is 32.5. The molecule has 0 radical (unpaired) electrons. The van der Waals surface area contributed by atoms with Gasteiger partial charge in [0.25, 0.3) is 10.0 Å². The standard InChI is InChI=1S/C37H41N3O5S/c1-28-20-22-32(23-21-28)40(46(43,44)34-18-7-4-8-19-34)27-36(41)39(26-30-14-11-17-33(24-30)45-2)35(25-29-12-5-3-6-13-29)37(42)38-31-15-9-10-16-31/h3-8,11-14,17-24,31,35H,9-10,15-16,25-27H2,1-2H3,(H,38,42). The lowest BCUT2D eigenvalue weighted by molar-refractivity contribution is -0.140. The second kappa shape index (κ2) is 15.1. The monoisotopic (exact) mass is 639 g/mol. The molecule has 0 aliphatic heterocycles. The van der Waals surface area contributed by atoms with Crippen LogP contribution >= 0.6 is 0 Å². The van der Waals surface area contributed by atoms with Crippen LogP contribution in [0.25, 0.3) is 0 Å². The summed E-state index contributed by atoms with van der Waals surface area (Å²) in [5.41, 5.74) is 2.97. The first kappa shape index (κ1) is 32.8. The van der Waals surface area contributed by atoms with Gasteiger partial charge < -0.3 is 15.0 Å². The molecule has 8 nitrogen and oxygen atoms in total. The lowest BCUT2D eigenvalue weighted by Crippen LogP contribution is -2.54. The molecule has 1 aliphatic rings. The Hall–Kier alpha value is -4.63. The normalized spacial score (nSPS) is 14.0. The molecule has 2 amide bonds. The molecule has 1 N–H and O–H groups in total. The van der Waals surface area contributed by atoms with E-state index in [-0.39, 0.29) is 29.8 Å². The molecule has 0 saturated heterocycles. The lowest BCUT2D eigenvalue weighted by Gasteiger charge is -2.34. The third-order valence-corrected chi connectivity index (χ3v) is 10.2. The molecule has 46 heavy (non-hydrogen) atoms. The second-order valence-electron chi connectivity index (χ2n) is 11.7. The predicted molar refractivity (Wildman–Crippen MR) is 180 cm³/mol. The van der Waals surface area contributed by atoms with Crippen LogP contribution in [0.2, 0.25) is 0 Å². The van der Waals surface area contributed by atoms with E-state index < -0.39 is 28.5 Å². The largest absolute Gasteiger partial charge is 0.497 e. The number of nitrogens with zero attached hydrogens (tertiary/aromatic N) is 2. The molecule has 5 rings (SSSR count). The van der Waals surface area contributed by atoms with Crippen LogP contribution < -0.4 is 14.4 Å². The number of rotatable bonds is 13. The number of hydrogen-bond acceptors (Lipinski definition) is 5. The topological polar surface area (TPSA) is 96.0 Å². The summed E-state index contributed by atoms with van der Waals surface area (Å²) in [6.45, 7) is 1.50. The van der Waals surface area contributed by atoms with Crippen LogP contribution in [0.1, 0.15) is 42.4 Å². The van der Waals surface area contributed by atoms with E-state index in [1.54, 1.807) is 37.4 Å². The molecule has 0 aromatic heterocycles. The molecule has 0 bridgehead atoms. The number of methoxy groups -OCH3 is 1. The fraction of sp³-hybridized carbons (Fsp3) is 0.297. The highest BCUT2D eigenvalue weighted by Gasteiger charge is 2.35. The molecule has 1 atom stereocenters. The van der Waals surface area contributed by atoms with Gasteiger partial charge in [-0.25, -0.2) is 8.42 Å². The van der Waals surface area contributed by atoms with Crippen molar-refractivity contribution in [1.29, 1.82) is 0 Å². The Morgan fingerprint density at radius 3 is 2.13 bits per heavy atom. The molecule has 4 aromatic carbocycles. The van der Waals surface area contributed by atoms with Gasteiger partial charge in [-0.2, -0.15) is 0 Å². The van der Waals surface area contributed by atoms with E-state index in [4.69, 9.17) is 4.74 Å². The molecule has 1 fully saturated rings. The van der Waals surface area contributed by atoms with Gasteiger partial charge in [0.15, 0.2) is 0 Å². The minimum atomic E-state index is -4.14. The summed E-state index contributed by atoms with van der Waals surface area (Å²) in [5, 5.41) is 3.20. The Balaban J connectivity index is 1.56. The van der Waals surface area contributed by atoms with Crippen molar-refractivity contribution in [1.82, 2.24) is 10.2 Å². The Morgan fingerprint density at radius 2 is 1.48 bits per heavy atom. The van der Waals surface area contributed by atoms with Crippen LogP contribution in [0.15, 0.2) is 114 Å². The van der Waals surface area contributed by atoms with Crippen molar-refractivity contribution >= 4 is 27.5 Å². The zero-order valence-corrected chi connectivity index (χ0v) is 27.2. The third kappa shape index (κ3) is 8.14. The van der Waals surface area contributed by atoms with Gasteiger partial charge in [-0.05, 0) is 67.3 Å². The first-order valence-electron chi connectivity index (χ1n) is 15.7. The van der Waals surface area contributed by atoms with Gasteiger partial charge in [0.05, 0.1) is 17.7 Å². The van der Waals surface area contributed by atoms with E-state index in [0.29, 0.717) is 11.4 Å². The van der Waals surface area contributed by atoms with Gasteiger partial charge in [-0.3, -0.25) is 13.9 Å². The number of carbonyl (C=O) groups is 2. The second-order valence-corrected chi connectivity index (χ2v) is 13.6. The van der Waals surface area contributed by atoms with Gasteiger partial charge >= 0.3 is 0 Å². The molecule has 240 valence electrons. The number of sulfonamides is 1. The van der Waals surface area contributed by atoms with E-state index in [9.17, 15) is 18.0 Å². The molecule has 1 unspecified atom stereocenters. The highest BCUT2D eigenvalue weighted by molar-refractivity contribution is 7.92. The number of aryl methyl sites for hydroxylation is 1. The summed E-state index contributed by atoms with van der Waals surface area (Å²) in [6, 6.07) is 31.2. The van der Waals surface area contributed by atoms with Gasteiger partial charge in [-0.1, -0.05) is 91.2 Å². The van der Waals surface area contributed by atoms with Crippen LogP contribution in [0.4, 0.5) is 5.69 Å². The molecule has 9 heteroatoms. The molecule has 0 spiro atoms. The van der Waals surface area contributed by atoms with Crippen LogP contribution in [0.3, 0.4) is 0 Å². The number of ether oxygens (including phenoxy) is 1. The molecule has 0 heterocycles. The first-order valence-corrected chi connectivity index (χ1v) is 17.1. The first-order chi connectivity index (χ1) is 22.2. The van der Waals surface area contributed by atoms with Gasteiger partial charge in [0.2, 0.25) is 11.8 Å². The van der Waals surface area contributed by atoms with Gasteiger partial charge in [0, 0.05) is 19.0 Å². The summed E-state index contributed by atoms with van der Waals surface area (Å²) >= 11 is 0. The molecule has 1 aliphatic carbocycles. The SMILES string of the molecule is COc1cccc(CN(C(=O)CN(c2ccc(C)cc2)S(=O)(=O)c2ccccc2)C(Cc2ccccc2)C(=O)NC2CCCC2)c1. The van der Waals surface area contributed by atoms with Crippen molar-refractivity contribution in [3.05, 3.63) is 126 Å². The van der Waals surface area contributed by atoms with Crippen molar-refractivity contribution in [3.8, 4) is 5.75 Å². The molecular formula is C37H41N3O5S. The van der Waals surface area contributed by atoms with E-state index in [1.807, 2.05) is 73.7 Å². The smallest absolute Gasteiger partial charge is 0.264 e. The molecule has 4 aromatic rings. The van der Waals surface area contributed by atoms with Crippen LogP contribution in [0, 0.1) is 6.92 Å². The fourth-order valence-corrected chi connectivity index (χ4v) is 7.28. The van der Waals surface area contributed by atoms with Crippen LogP contribution in [-0.4, -0.2) is 50.9 Å². The Bertz CT molecular complexity index is 1710. The number of nitrogens with one attached hydrogen (secondary N) is 1. The summed E-state index contributed by atoms with van der Waals surface area (Å²) in [6.07, 6.45) is 4.15. The van der Waals surface area contributed by atoms with Crippen molar-refractivity contribution in [3.63, 3.8) is 0 Å². The quantitative estimate of drug-likeness (QED) is 0.197. The fourth-order valence-electron chi connectivity index (χ4n) is 5.85. The maximum Gasteiger partial charge on any atom is 0.264 e. The van der Waals surface area contributed by atoms with Crippen molar-refractivity contribution in [2.24, 2.45) is 0 Å². The van der Waals surface area contributed by atoms with Gasteiger partial charge in [-0.15, -0.1) is 0 Å². The molecule has 1 saturated carbocycles. The number of benzene rings is 4. The average Bonchev–Trinajstić information content (AvgIpc) is 3.59. The maximum atomic E-state index is 14.6. The molecular weight excluding hydrogens is 598 g/mol. The Kier molecular flexibility index (Phi) is 10.8. The number of carbonyl (C=O) groups excluding carboxylic acids is 2. The predicted octanol–water partition coefficient (Wildman–Crippen LogP) is 5.90. The Labute approximate surface area is 272 Å². The minimum absolute atomic E-state index is 0.0436. The number of amides is 2. The lowest BCUT2D eigenvalue weighted by atomic mass is 10.0. The van der Waals surface area contributed by atoms with Crippen molar-refractivity contribution in [2.75, 3.05) is 18.0 Å². The van der Waals surface area contributed by atoms with Crippen molar-refractivity contribution in [2.45, 2.75) is 62.6 Å². The number of anilines is 1. The minimum Gasteiger partial charge on any atom is -0.497 e. The van der Waals surface area contributed by atoms with E-state index in [2.05, 4.69) is 5.32 Å². The average molecular weight is 640 g/mol. The highest BCUT2D eigenvalue weighted by atomic mass is 32.2. The van der Waals surface area contributed by atoms with Crippen LogP contribution in [-0.2, 0) is 32.6 Å². The number of hydrogen-bond donors (Lipinski definition) is 1. The zero-order valence-electron chi connectivity index (χ0n) is 26.3. The Morgan fingerprint density at radius 1 is 0.848 bits per heavy atom. The maximum absolute atomic E-state index is 14.6. The third-order valence-electron chi connectivity index (χ3n) is 8.39. The summed E-state index contributed by atoms with van der Waals surface area (Å²) in [7, 11) is -2.56. The highest BCUT2D eigenvalue weighted by Crippen LogP contribution is 2.26. The summed E-state index contributed by atoms with van der Waals surface area (Å²) in [5.74, 6) is -0.127. The van der Waals surface area contributed by atoms with Gasteiger partial charge in [0.1, 0.15) is 18.3 Å². The van der Waals surface area contributed by atoms with E-state index in [0.717, 1.165) is 46.7 Å². The van der Waals surface area contributed by atoms with Crippen LogP contribution in [0.5, 0.6) is 5.75 Å².